The minimum atomic E-state index is -1.10. The smallest absolute Gasteiger partial charge is 0.331 e. The van der Waals surface area contributed by atoms with Crippen molar-refractivity contribution in [1.29, 1.82) is 0 Å². The Balaban J connectivity index is 2.68. The zero-order valence-corrected chi connectivity index (χ0v) is 9.15. The van der Waals surface area contributed by atoms with Crippen LogP contribution in [0.1, 0.15) is 12.5 Å². The monoisotopic (exact) mass is 219 g/mol. The molecule has 0 aliphatic heterocycles. The van der Waals surface area contributed by atoms with E-state index in [9.17, 15) is 9.59 Å². The standard InChI is InChI=1S/C12H13NO3/c1-8-3-5-10(6-4-8)13-11(14)7-9(2)12(15)16/h3-7H,1-2H3,(H,13,14)(H,15,16)/b9-7-. The Morgan fingerprint density at radius 3 is 2.31 bits per heavy atom. The zero-order valence-electron chi connectivity index (χ0n) is 9.15. The Morgan fingerprint density at radius 2 is 1.81 bits per heavy atom. The lowest BCUT2D eigenvalue weighted by atomic mass is 10.2. The topological polar surface area (TPSA) is 66.4 Å². The van der Waals surface area contributed by atoms with Crippen molar-refractivity contribution >= 4 is 17.6 Å². The first-order valence-corrected chi connectivity index (χ1v) is 4.78. The van der Waals surface area contributed by atoms with E-state index in [4.69, 9.17) is 5.11 Å². The highest BCUT2D eigenvalue weighted by Gasteiger charge is 2.04. The van der Waals surface area contributed by atoms with Crippen molar-refractivity contribution in [3.05, 3.63) is 41.5 Å². The van der Waals surface area contributed by atoms with Crippen molar-refractivity contribution in [2.24, 2.45) is 0 Å². The van der Waals surface area contributed by atoms with Crippen LogP contribution in [0.25, 0.3) is 0 Å². The summed E-state index contributed by atoms with van der Waals surface area (Å²) in [7, 11) is 0. The van der Waals surface area contributed by atoms with Gasteiger partial charge < -0.3 is 10.4 Å². The maximum absolute atomic E-state index is 11.4. The maximum Gasteiger partial charge on any atom is 0.331 e. The molecule has 0 unspecified atom stereocenters. The number of aryl methyl sites for hydroxylation is 1. The van der Waals surface area contributed by atoms with Gasteiger partial charge >= 0.3 is 5.97 Å². The number of carboxylic acids is 1. The Labute approximate surface area is 93.6 Å². The van der Waals surface area contributed by atoms with Crippen molar-refractivity contribution in [2.75, 3.05) is 5.32 Å². The van der Waals surface area contributed by atoms with Crippen LogP contribution >= 0.6 is 0 Å². The van der Waals surface area contributed by atoms with Gasteiger partial charge in [-0.25, -0.2) is 4.79 Å². The van der Waals surface area contributed by atoms with Gasteiger partial charge in [-0.3, -0.25) is 4.79 Å². The maximum atomic E-state index is 11.4. The van der Waals surface area contributed by atoms with Gasteiger partial charge in [-0.1, -0.05) is 17.7 Å². The van der Waals surface area contributed by atoms with Gasteiger partial charge in [0.25, 0.3) is 0 Å². The van der Waals surface area contributed by atoms with E-state index in [2.05, 4.69) is 5.32 Å². The molecule has 4 nitrogen and oxygen atoms in total. The van der Waals surface area contributed by atoms with Crippen molar-refractivity contribution in [3.8, 4) is 0 Å². The molecule has 0 bridgehead atoms. The second kappa shape index (κ2) is 5.11. The molecule has 84 valence electrons. The molecule has 0 saturated heterocycles. The summed E-state index contributed by atoms with van der Waals surface area (Å²) in [5.74, 6) is -1.54. The summed E-state index contributed by atoms with van der Waals surface area (Å²) in [4.78, 5) is 21.8. The largest absolute Gasteiger partial charge is 0.478 e. The van der Waals surface area contributed by atoms with Gasteiger partial charge in [-0.15, -0.1) is 0 Å². The number of carboxylic acid groups (broad SMARTS) is 1. The fourth-order valence-electron chi connectivity index (χ4n) is 1.07. The van der Waals surface area contributed by atoms with Crippen LogP contribution in [0.2, 0.25) is 0 Å². The van der Waals surface area contributed by atoms with E-state index in [0.717, 1.165) is 11.6 Å². The average molecular weight is 219 g/mol. The quantitative estimate of drug-likeness (QED) is 0.764. The van der Waals surface area contributed by atoms with Crippen LogP contribution < -0.4 is 5.32 Å². The van der Waals surface area contributed by atoms with Crippen molar-refractivity contribution in [1.82, 2.24) is 0 Å². The molecular weight excluding hydrogens is 206 g/mol. The predicted molar refractivity (Wildman–Crippen MR) is 61.2 cm³/mol. The van der Waals surface area contributed by atoms with Gasteiger partial charge in [0.05, 0.1) is 0 Å². The van der Waals surface area contributed by atoms with Crippen molar-refractivity contribution in [2.45, 2.75) is 13.8 Å². The van der Waals surface area contributed by atoms with Crippen LogP contribution in [0.4, 0.5) is 5.69 Å². The lowest BCUT2D eigenvalue weighted by Crippen LogP contribution is -2.10. The lowest BCUT2D eigenvalue weighted by molar-refractivity contribution is -0.132. The average Bonchev–Trinajstić information content (AvgIpc) is 2.21. The van der Waals surface area contributed by atoms with Gasteiger partial charge in [-0.2, -0.15) is 0 Å². The third-order valence-electron chi connectivity index (χ3n) is 2.00. The second-order valence-corrected chi connectivity index (χ2v) is 3.49. The number of hydrogen-bond acceptors (Lipinski definition) is 2. The van der Waals surface area contributed by atoms with Crippen LogP contribution in [0.5, 0.6) is 0 Å². The summed E-state index contributed by atoms with van der Waals surface area (Å²) < 4.78 is 0. The van der Waals surface area contributed by atoms with Crippen LogP contribution in [0.15, 0.2) is 35.9 Å². The van der Waals surface area contributed by atoms with E-state index in [1.165, 1.54) is 6.92 Å². The molecule has 0 aliphatic rings. The predicted octanol–water partition coefficient (Wildman–Crippen LogP) is 1.96. The van der Waals surface area contributed by atoms with E-state index in [1.807, 2.05) is 19.1 Å². The van der Waals surface area contributed by atoms with Gasteiger partial charge in [0.2, 0.25) is 5.91 Å². The molecule has 0 spiro atoms. The Hall–Kier alpha value is -2.10. The summed E-state index contributed by atoms with van der Waals surface area (Å²) in [5.41, 5.74) is 1.74. The number of carbonyl (C=O) groups is 2. The molecule has 4 heteroatoms. The van der Waals surface area contributed by atoms with E-state index in [1.54, 1.807) is 12.1 Å². The molecule has 0 saturated carbocycles. The lowest BCUT2D eigenvalue weighted by Gasteiger charge is -2.02. The third-order valence-corrected chi connectivity index (χ3v) is 2.00. The van der Waals surface area contributed by atoms with Gasteiger partial charge in [0.15, 0.2) is 0 Å². The van der Waals surface area contributed by atoms with Gasteiger partial charge in [0, 0.05) is 17.3 Å². The molecule has 0 heterocycles. The van der Waals surface area contributed by atoms with Crippen LogP contribution in [0.3, 0.4) is 0 Å². The number of aliphatic carboxylic acids is 1. The number of amides is 1. The summed E-state index contributed by atoms with van der Waals surface area (Å²) >= 11 is 0. The highest BCUT2D eigenvalue weighted by molar-refractivity contribution is 6.04. The summed E-state index contributed by atoms with van der Waals surface area (Å²) in [6.07, 6.45) is 1.06. The van der Waals surface area contributed by atoms with Crippen molar-refractivity contribution < 1.29 is 14.7 Å². The fraction of sp³-hybridized carbons (Fsp3) is 0.167. The van der Waals surface area contributed by atoms with E-state index in [-0.39, 0.29) is 5.57 Å². The molecule has 1 aromatic rings. The molecule has 1 rings (SSSR count). The first-order chi connectivity index (χ1) is 7.49. The molecule has 1 amide bonds. The number of carbonyl (C=O) groups excluding carboxylic acids is 1. The minimum absolute atomic E-state index is 0.00427. The summed E-state index contributed by atoms with van der Waals surface area (Å²) in [6, 6.07) is 7.25. The number of nitrogens with one attached hydrogen (secondary N) is 1. The molecule has 0 radical (unpaired) electrons. The third kappa shape index (κ3) is 3.57. The summed E-state index contributed by atoms with van der Waals surface area (Å²) in [6.45, 7) is 3.32. The Morgan fingerprint density at radius 1 is 1.25 bits per heavy atom. The molecule has 0 aromatic heterocycles. The van der Waals surface area contributed by atoms with Crippen molar-refractivity contribution in [3.63, 3.8) is 0 Å². The van der Waals surface area contributed by atoms with Crippen LogP contribution in [-0.2, 0) is 9.59 Å². The SMILES string of the molecule is C/C(=C/C(=O)Nc1ccc(C)cc1)C(=O)O. The molecule has 2 N–H and O–H groups in total. The van der Waals surface area contributed by atoms with E-state index < -0.39 is 11.9 Å². The number of benzene rings is 1. The molecule has 0 aliphatic carbocycles. The molecule has 0 fully saturated rings. The molecule has 1 aromatic carbocycles. The van der Waals surface area contributed by atoms with Crippen LogP contribution in [0, 0.1) is 6.92 Å². The van der Waals surface area contributed by atoms with E-state index >= 15 is 0 Å². The Kier molecular flexibility index (Phi) is 3.83. The highest BCUT2D eigenvalue weighted by atomic mass is 16.4. The number of rotatable bonds is 3. The fourth-order valence-corrected chi connectivity index (χ4v) is 1.07. The first kappa shape index (κ1) is 12.0. The molecule has 0 atom stereocenters. The minimum Gasteiger partial charge on any atom is -0.478 e. The van der Waals surface area contributed by atoms with Gasteiger partial charge in [0.1, 0.15) is 0 Å². The summed E-state index contributed by atoms with van der Waals surface area (Å²) in [5, 5.41) is 11.2. The van der Waals surface area contributed by atoms with Crippen LogP contribution in [-0.4, -0.2) is 17.0 Å². The van der Waals surface area contributed by atoms with E-state index in [0.29, 0.717) is 5.69 Å². The highest BCUT2D eigenvalue weighted by Crippen LogP contribution is 2.08. The first-order valence-electron chi connectivity index (χ1n) is 4.78. The normalized spacial score (nSPS) is 11.0. The second-order valence-electron chi connectivity index (χ2n) is 3.49. The zero-order chi connectivity index (χ0) is 12.1. The molecule has 16 heavy (non-hydrogen) atoms. The number of anilines is 1. The van der Waals surface area contributed by atoms with Gasteiger partial charge in [-0.05, 0) is 26.0 Å². The molecular formula is C12H13NO3. The Bertz CT molecular complexity index is 432. The number of hydrogen-bond donors (Lipinski definition) is 2.